The van der Waals surface area contributed by atoms with Gasteiger partial charge in [-0.05, 0) is 43.2 Å². The highest BCUT2D eigenvalue weighted by molar-refractivity contribution is 7.18. The molecule has 0 radical (unpaired) electrons. The Labute approximate surface area is 173 Å². The van der Waals surface area contributed by atoms with Gasteiger partial charge in [0.15, 0.2) is 0 Å². The second-order valence-electron chi connectivity index (χ2n) is 6.95. The van der Waals surface area contributed by atoms with Crippen molar-refractivity contribution in [2.24, 2.45) is 0 Å². The Morgan fingerprint density at radius 1 is 1.07 bits per heavy atom. The molecule has 0 aliphatic rings. The molecule has 146 valence electrons. The Morgan fingerprint density at radius 3 is 2.59 bits per heavy atom. The second kappa shape index (κ2) is 8.41. The zero-order chi connectivity index (χ0) is 20.2. The van der Waals surface area contributed by atoms with E-state index in [0.29, 0.717) is 12.1 Å². The van der Waals surface area contributed by atoms with Crippen molar-refractivity contribution < 1.29 is 4.79 Å². The van der Waals surface area contributed by atoms with Crippen molar-refractivity contribution in [3.63, 3.8) is 0 Å². The molecule has 6 heteroatoms. The van der Waals surface area contributed by atoms with Gasteiger partial charge in [-0.3, -0.25) is 4.79 Å². The zero-order valence-corrected chi connectivity index (χ0v) is 17.2. The highest BCUT2D eigenvalue weighted by Crippen LogP contribution is 2.27. The topological polar surface area (TPSA) is 66.9 Å². The first kappa shape index (κ1) is 19.1. The largest absolute Gasteiger partial charge is 0.365 e. The van der Waals surface area contributed by atoms with Crippen molar-refractivity contribution in [3.8, 4) is 0 Å². The van der Waals surface area contributed by atoms with E-state index in [2.05, 4.69) is 33.6 Å². The van der Waals surface area contributed by atoms with Crippen LogP contribution in [-0.4, -0.2) is 15.9 Å². The minimum absolute atomic E-state index is 0.0423. The molecular formula is C23H22N4OS. The third kappa shape index (κ3) is 4.43. The van der Waals surface area contributed by atoms with Crippen molar-refractivity contribution in [1.29, 1.82) is 0 Å². The van der Waals surface area contributed by atoms with E-state index in [4.69, 9.17) is 0 Å². The highest BCUT2D eigenvalue weighted by Gasteiger charge is 2.11. The Balaban J connectivity index is 1.39. The van der Waals surface area contributed by atoms with Crippen molar-refractivity contribution in [1.82, 2.24) is 15.3 Å². The number of benzene rings is 2. The van der Waals surface area contributed by atoms with Gasteiger partial charge in [-0.2, -0.15) is 0 Å². The molecule has 0 saturated carbocycles. The second-order valence-corrected chi connectivity index (χ2v) is 8.19. The minimum Gasteiger partial charge on any atom is -0.365 e. The van der Waals surface area contributed by atoms with Crippen molar-refractivity contribution in [2.45, 2.75) is 26.4 Å². The fourth-order valence-corrected chi connectivity index (χ4v) is 4.03. The van der Waals surface area contributed by atoms with Gasteiger partial charge in [0.05, 0.1) is 11.4 Å². The number of anilines is 1. The zero-order valence-electron chi connectivity index (χ0n) is 16.3. The average Bonchev–Trinajstić information content (AvgIpc) is 3.14. The SMILES string of the molecule is Cc1cc2c(NCc3ccc(C(=O)NC(C)c4ccccc4)cc3)ncnc2s1. The molecule has 2 N–H and O–H groups in total. The van der Waals surface area contributed by atoms with Crippen molar-refractivity contribution >= 4 is 33.3 Å². The maximum absolute atomic E-state index is 12.5. The number of amides is 1. The average molecular weight is 403 g/mol. The molecule has 1 atom stereocenters. The van der Waals surface area contributed by atoms with Gasteiger partial charge in [-0.15, -0.1) is 11.3 Å². The number of hydrogen-bond donors (Lipinski definition) is 2. The van der Waals surface area contributed by atoms with Crippen LogP contribution in [-0.2, 0) is 6.54 Å². The molecule has 1 unspecified atom stereocenters. The van der Waals surface area contributed by atoms with Crippen LogP contribution in [0.4, 0.5) is 5.82 Å². The van der Waals surface area contributed by atoms with Gasteiger partial charge in [0.25, 0.3) is 5.91 Å². The number of rotatable bonds is 6. The molecule has 4 rings (SSSR count). The van der Waals surface area contributed by atoms with E-state index in [-0.39, 0.29) is 11.9 Å². The monoisotopic (exact) mass is 402 g/mol. The summed E-state index contributed by atoms with van der Waals surface area (Å²) in [5.41, 5.74) is 2.81. The van der Waals surface area contributed by atoms with Crippen LogP contribution >= 0.6 is 11.3 Å². The maximum atomic E-state index is 12.5. The lowest BCUT2D eigenvalue weighted by Crippen LogP contribution is -2.26. The summed E-state index contributed by atoms with van der Waals surface area (Å²) in [7, 11) is 0. The van der Waals surface area contributed by atoms with Crippen LogP contribution in [0.2, 0.25) is 0 Å². The first-order valence-corrected chi connectivity index (χ1v) is 10.3. The molecule has 5 nitrogen and oxygen atoms in total. The highest BCUT2D eigenvalue weighted by atomic mass is 32.1. The van der Waals surface area contributed by atoms with Gasteiger partial charge in [-0.1, -0.05) is 42.5 Å². The summed E-state index contributed by atoms with van der Waals surface area (Å²) in [6.45, 7) is 4.68. The number of nitrogens with zero attached hydrogens (tertiary/aromatic N) is 2. The Morgan fingerprint density at radius 2 is 1.83 bits per heavy atom. The van der Waals surface area contributed by atoms with Crippen LogP contribution in [0.25, 0.3) is 10.2 Å². The molecule has 1 amide bonds. The van der Waals surface area contributed by atoms with Gasteiger partial charge in [0.2, 0.25) is 0 Å². The summed E-state index contributed by atoms with van der Waals surface area (Å²) < 4.78 is 0. The first-order valence-electron chi connectivity index (χ1n) is 9.50. The van der Waals surface area contributed by atoms with Crippen LogP contribution < -0.4 is 10.6 Å². The number of hydrogen-bond acceptors (Lipinski definition) is 5. The Bertz CT molecular complexity index is 1120. The molecule has 2 heterocycles. The van der Waals surface area contributed by atoms with Gasteiger partial charge in [-0.25, -0.2) is 9.97 Å². The number of thiophene rings is 1. The van der Waals surface area contributed by atoms with Gasteiger partial charge in [0.1, 0.15) is 17.0 Å². The molecule has 29 heavy (non-hydrogen) atoms. The summed E-state index contributed by atoms with van der Waals surface area (Å²) in [6.07, 6.45) is 1.59. The Hall–Kier alpha value is -3.25. The fraction of sp³-hybridized carbons (Fsp3) is 0.174. The molecule has 0 aliphatic carbocycles. The van der Waals surface area contributed by atoms with Crippen LogP contribution in [0.5, 0.6) is 0 Å². The van der Waals surface area contributed by atoms with Gasteiger partial charge >= 0.3 is 0 Å². The van der Waals surface area contributed by atoms with E-state index >= 15 is 0 Å². The first-order chi connectivity index (χ1) is 14.1. The molecule has 0 aliphatic heterocycles. The molecule has 0 fully saturated rings. The van der Waals surface area contributed by atoms with Crippen LogP contribution in [0.1, 0.15) is 39.3 Å². The summed E-state index contributed by atoms with van der Waals surface area (Å²) in [4.78, 5) is 23.4. The molecule has 0 saturated heterocycles. The van der Waals surface area contributed by atoms with E-state index in [1.807, 2.05) is 61.5 Å². The van der Waals surface area contributed by atoms with E-state index in [1.54, 1.807) is 17.7 Å². The summed E-state index contributed by atoms with van der Waals surface area (Å²) in [5.74, 6) is 0.755. The molecule has 2 aromatic carbocycles. The molecule has 4 aromatic rings. The van der Waals surface area contributed by atoms with Crippen LogP contribution in [0.3, 0.4) is 0 Å². The predicted molar refractivity (Wildman–Crippen MR) is 118 cm³/mol. The number of aromatic nitrogens is 2. The third-order valence-corrected chi connectivity index (χ3v) is 5.73. The van der Waals surface area contributed by atoms with E-state index in [9.17, 15) is 4.79 Å². The lowest BCUT2D eigenvalue weighted by atomic mass is 10.1. The number of fused-ring (bicyclic) bond motifs is 1. The quantitative estimate of drug-likeness (QED) is 0.471. The number of carbonyl (C=O) groups is 1. The smallest absolute Gasteiger partial charge is 0.251 e. The van der Waals surface area contributed by atoms with E-state index in [1.165, 1.54) is 4.88 Å². The van der Waals surface area contributed by atoms with Crippen molar-refractivity contribution in [3.05, 3.63) is 88.6 Å². The Kier molecular flexibility index (Phi) is 5.53. The number of carbonyl (C=O) groups excluding carboxylic acids is 1. The molecule has 2 aromatic heterocycles. The predicted octanol–water partition coefficient (Wildman–Crippen LogP) is 5.10. The number of nitrogens with one attached hydrogen (secondary N) is 2. The molecule has 0 bridgehead atoms. The van der Waals surface area contributed by atoms with Gasteiger partial charge < -0.3 is 10.6 Å². The van der Waals surface area contributed by atoms with E-state index in [0.717, 1.165) is 27.2 Å². The molecular weight excluding hydrogens is 380 g/mol. The van der Waals surface area contributed by atoms with Crippen LogP contribution in [0, 0.1) is 6.92 Å². The van der Waals surface area contributed by atoms with E-state index < -0.39 is 0 Å². The maximum Gasteiger partial charge on any atom is 0.251 e. The lowest BCUT2D eigenvalue weighted by molar-refractivity contribution is 0.0940. The minimum atomic E-state index is -0.0767. The standard InChI is InChI=1S/C23H22N4OS/c1-15-12-20-21(25-14-26-23(20)29-15)24-13-17-8-10-19(11-9-17)22(28)27-16(2)18-6-4-3-5-7-18/h3-12,14,16H,13H2,1-2H3,(H,27,28)(H,24,25,26). The van der Waals surface area contributed by atoms with Gasteiger partial charge in [0, 0.05) is 17.0 Å². The summed E-state index contributed by atoms with van der Waals surface area (Å²) >= 11 is 1.66. The fourth-order valence-electron chi connectivity index (χ4n) is 3.18. The summed E-state index contributed by atoms with van der Waals surface area (Å²) in [5, 5.41) is 7.46. The van der Waals surface area contributed by atoms with Crippen molar-refractivity contribution in [2.75, 3.05) is 5.32 Å². The lowest BCUT2D eigenvalue weighted by Gasteiger charge is -2.14. The van der Waals surface area contributed by atoms with Crippen LogP contribution in [0.15, 0.2) is 67.0 Å². The molecule has 0 spiro atoms. The third-order valence-electron chi connectivity index (χ3n) is 4.78. The summed E-state index contributed by atoms with van der Waals surface area (Å²) in [6, 6.07) is 19.6. The normalized spacial score (nSPS) is 11.9. The number of aryl methyl sites for hydroxylation is 1.